The number of phenols is 1. The van der Waals surface area contributed by atoms with Crippen LogP contribution < -0.4 is 5.32 Å². The predicted molar refractivity (Wildman–Crippen MR) is 69.8 cm³/mol. The molecule has 0 heterocycles. The number of anilines is 1. The molecule has 1 aromatic carbocycles. The first kappa shape index (κ1) is 14.7. The Labute approximate surface area is 111 Å². The van der Waals surface area contributed by atoms with Gasteiger partial charge in [0.05, 0.1) is 12.2 Å². The van der Waals surface area contributed by atoms with Crippen molar-refractivity contribution in [2.24, 2.45) is 4.99 Å². The van der Waals surface area contributed by atoms with Crippen LogP contribution in [-0.4, -0.2) is 22.9 Å². The summed E-state index contributed by atoms with van der Waals surface area (Å²) in [5, 5.41) is 12.1. The topological polar surface area (TPSA) is 88.0 Å². The van der Waals surface area contributed by atoms with Crippen molar-refractivity contribution < 1.29 is 19.4 Å². The van der Waals surface area contributed by atoms with Crippen molar-refractivity contribution >= 4 is 17.9 Å². The highest BCUT2D eigenvalue weighted by molar-refractivity contribution is 5.87. The summed E-state index contributed by atoms with van der Waals surface area (Å²) in [4.78, 5) is 25.0. The smallest absolute Gasteiger partial charge is 0.412 e. The standard InChI is InChI=1S/C13H16N2O4/c1-13(2,3)19-12(18)15-10-6-9(7-14-8-16)4-5-11(10)17/h4-6,17H,7H2,1-3H3,(H,15,18). The average molecular weight is 264 g/mol. The number of phenolic OH excluding ortho intramolecular Hbond substituents is 1. The number of aromatic hydroxyl groups is 1. The molecule has 6 heteroatoms. The molecule has 19 heavy (non-hydrogen) atoms. The zero-order valence-electron chi connectivity index (χ0n) is 11.1. The normalized spacial score (nSPS) is 10.5. The largest absolute Gasteiger partial charge is 0.506 e. The lowest BCUT2D eigenvalue weighted by molar-refractivity contribution is 0.0635. The highest BCUT2D eigenvalue weighted by atomic mass is 16.6. The maximum Gasteiger partial charge on any atom is 0.412 e. The lowest BCUT2D eigenvalue weighted by Crippen LogP contribution is -2.27. The van der Waals surface area contributed by atoms with Crippen LogP contribution in [-0.2, 0) is 16.1 Å². The summed E-state index contributed by atoms with van der Waals surface area (Å²) in [5.74, 6) is -0.0929. The Balaban J connectivity index is 2.82. The quantitative estimate of drug-likeness (QED) is 0.499. The van der Waals surface area contributed by atoms with Crippen LogP contribution in [0.2, 0.25) is 0 Å². The SMILES string of the molecule is CC(C)(C)OC(=O)Nc1cc(CN=C=O)ccc1O. The van der Waals surface area contributed by atoms with Gasteiger partial charge in [-0.05, 0) is 38.5 Å². The maximum absolute atomic E-state index is 11.6. The summed E-state index contributed by atoms with van der Waals surface area (Å²) < 4.78 is 5.07. The van der Waals surface area contributed by atoms with Crippen LogP contribution in [0.25, 0.3) is 0 Å². The fraction of sp³-hybridized carbons (Fsp3) is 0.385. The molecule has 0 atom stereocenters. The molecule has 1 amide bonds. The first-order valence-electron chi connectivity index (χ1n) is 5.67. The number of carbonyl (C=O) groups is 1. The van der Waals surface area contributed by atoms with Gasteiger partial charge < -0.3 is 9.84 Å². The van der Waals surface area contributed by atoms with Crippen LogP contribution in [0.5, 0.6) is 5.75 Å². The summed E-state index contributed by atoms with van der Waals surface area (Å²) in [5.41, 5.74) is 0.235. The monoisotopic (exact) mass is 264 g/mol. The van der Waals surface area contributed by atoms with E-state index in [1.165, 1.54) is 18.2 Å². The second kappa shape index (κ2) is 6.02. The first-order chi connectivity index (χ1) is 8.81. The van der Waals surface area contributed by atoms with Crippen molar-refractivity contribution in [1.82, 2.24) is 0 Å². The average Bonchev–Trinajstić information content (AvgIpc) is 2.27. The van der Waals surface area contributed by atoms with E-state index < -0.39 is 11.7 Å². The van der Waals surface area contributed by atoms with Crippen LogP contribution in [0.3, 0.4) is 0 Å². The lowest BCUT2D eigenvalue weighted by atomic mass is 10.2. The molecule has 0 radical (unpaired) electrons. The van der Waals surface area contributed by atoms with E-state index in [1.807, 2.05) is 0 Å². The number of carbonyl (C=O) groups excluding carboxylic acids is 2. The molecule has 0 aliphatic heterocycles. The molecule has 1 rings (SSSR count). The predicted octanol–water partition coefficient (Wildman–Crippen LogP) is 2.58. The minimum absolute atomic E-state index is 0.0929. The molecule has 0 aliphatic carbocycles. The van der Waals surface area contributed by atoms with E-state index in [0.717, 1.165) is 0 Å². The molecule has 6 nitrogen and oxygen atoms in total. The summed E-state index contributed by atoms with van der Waals surface area (Å²) >= 11 is 0. The number of rotatable bonds is 3. The molecule has 0 saturated heterocycles. The summed E-state index contributed by atoms with van der Waals surface area (Å²) in [6.45, 7) is 5.34. The van der Waals surface area contributed by atoms with E-state index in [2.05, 4.69) is 10.3 Å². The number of nitrogens with one attached hydrogen (secondary N) is 1. The molecule has 2 N–H and O–H groups in total. The number of benzene rings is 1. The summed E-state index contributed by atoms with van der Waals surface area (Å²) in [6, 6.07) is 4.51. The Morgan fingerprint density at radius 2 is 2.16 bits per heavy atom. The van der Waals surface area contributed by atoms with Gasteiger partial charge in [0.15, 0.2) is 0 Å². The molecule has 1 aromatic rings. The maximum atomic E-state index is 11.6. The van der Waals surface area contributed by atoms with Crippen LogP contribution in [0.15, 0.2) is 23.2 Å². The third-order valence-electron chi connectivity index (χ3n) is 2.02. The van der Waals surface area contributed by atoms with Gasteiger partial charge in [-0.3, -0.25) is 5.32 Å². The fourth-order valence-electron chi connectivity index (χ4n) is 1.32. The third kappa shape index (κ3) is 5.23. The summed E-state index contributed by atoms with van der Waals surface area (Å²) in [6.07, 6.45) is 0.755. The number of ether oxygens (including phenoxy) is 1. The molecule has 0 unspecified atom stereocenters. The Morgan fingerprint density at radius 3 is 2.74 bits per heavy atom. The van der Waals surface area contributed by atoms with Gasteiger partial charge in [0.2, 0.25) is 6.08 Å². The Hall–Kier alpha value is -2.33. The van der Waals surface area contributed by atoms with E-state index in [1.54, 1.807) is 26.8 Å². The molecule has 0 aromatic heterocycles. The molecular formula is C13H16N2O4. The van der Waals surface area contributed by atoms with Crippen LogP contribution in [0.4, 0.5) is 10.5 Å². The second-order valence-corrected chi connectivity index (χ2v) is 4.89. The van der Waals surface area contributed by atoms with Crippen LogP contribution in [0, 0.1) is 0 Å². The van der Waals surface area contributed by atoms with Crippen molar-refractivity contribution in [2.45, 2.75) is 32.9 Å². The third-order valence-corrected chi connectivity index (χ3v) is 2.02. The van der Waals surface area contributed by atoms with Gasteiger partial charge in [-0.15, -0.1) is 0 Å². The zero-order valence-corrected chi connectivity index (χ0v) is 11.1. The van der Waals surface area contributed by atoms with Crippen molar-refractivity contribution in [1.29, 1.82) is 0 Å². The molecule has 0 aliphatic rings. The molecule has 102 valence electrons. The van der Waals surface area contributed by atoms with E-state index in [4.69, 9.17) is 4.74 Å². The first-order valence-corrected chi connectivity index (χ1v) is 5.67. The molecule has 0 saturated carbocycles. The van der Waals surface area contributed by atoms with E-state index >= 15 is 0 Å². The zero-order chi connectivity index (χ0) is 14.5. The van der Waals surface area contributed by atoms with Crippen molar-refractivity contribution in [3.05, 3.63) is 23.8 Å². The van der Waals surface area contributed by atoms with Gasteiger partial charge in [-0.2, -0.15) is 0 Å². The van der Waals surface area contributed by atoms with Gasteiger partial charge in [0.1, 0.15) is 11.4 Å². The van der Waals surface area contributed by atoms with Crippen LogP contribution >= 0.6 is 0 Å². The van der Waals surface area contributed by atoms with Gasteiger partial charge in [0, 0.05) is 0 Å². The van der Waals surface area contributed by atoms with Gasteiger partial charge in [-0.1, -0.05) is 6.07 Å². The van der Waals surface area contributed by atoms with Crippen molar-refractivity contribution in [2.75, 3.05) is 5.32 Å². The summed E-state index contributed by atoms with van der Waals surface area (Å²) in [7, 11) is 0. The Bertz CT molecular complexity index is 514. The minimum Gasteiger partial charge on any atom is -0.506 e. The molecule has 0 bridgehead atoms. The highest BCUT2D eigenvalue weighted by Crippen LogP contribution is 2.25. The van der Waals surface area contributed by atoms with Gasteiger partial charge >= 0.3 is 6.09 Å². The molecular weight excluding hydrogens is 248 g/mol. The fourth-order valence-corrected chi connectivity index (χ4v) is 1.32. The number of nitrogens with zero attached hydrogens (tertiary/aromatic N) is 1. The van der Waals surface area contributed by atoms with Crippen LogP contribution in [0.1, 0.15) is 26.3 Å². The number of hydrogen-bond donors (Lipinski definition) is 2. The highest BCUT2D eigenvalue weighted by Gasteiger charge is 2.17. The number of aliphatic imine (C=N–C) groups is 1. The Morgan fingerprint density at radius 1 is 1.47 bits per heavy atom. The van der Waals surface area contributed by atoms with Crippen molar-refractivity contribution in [3.63, 3.8) is 0 Å². The van der Waals surface area contributed by atoms with E-state index in [-0.39, 0.29) is 18.0 Å². The molecule has 0 fully saturated rings. The molecule has 0 spiro atoms. The van der Waals surface area contributed by atoms with Crippen molar-refractivity contribution in [3.8, 4) is 5.75 Å². The number of hydrogen-bond acceptors (Lipinski definition) is 5. The number of isocyanates is 1. The number of amides is 1. The van der Waals surface area contributed by atoms with Gasteiger partial charge in [-0.25, -0.2) is 14.6 Å². The van der Waals surface area contributed by atoms with E-state index in [9.17, 15) is 14.7 Å². The second-order valence-electron chi connectivity index (χ2n) is 4.89. The van der Waals surface area contributed by atoms with E-state index in [0.29, 0.717) is 5.56 Å². The lowest BCUT2D eigenvalue weighted by Gasteiger charge is -2.20. The minimum atomic E-state index is -0.668. The van der Waals surface area contributed by atoms with Gasteiger partial charge in [0.25, 0.3) is 0 Å². The Kier molecular flexibility index (Phi) is 4.67.